The number of hydrogen-bond acceptors (Lipinski definition) is 3. The summed E-state index contributed by atoms with van der Waals surface area (Å²) in [5, 5.41) is 3.04. The lowest BCUT2D eigenvalue weighted by Crippen LogP contribution is -2.57. The Labute approximate surface area is 111 Å². The number of carbonyl (C=O) groups is 1. The van der Waals surface area contributed by atoms with Crippen LogP contribution in [0.5, 0.6) is 0 Å². The van der Waals surface area contributed by atoms with E-state index in [0.29, 0.717) is 0 Å². The van der Waals surface area contributed by atoms with Crippen molar-refractivity contribution in [2.45, 2.75) is 76.5 Å². The molecule has 0 aromatic carbocycles. The second kappa shape index (κ2) is 6.02. The highest BCUT2D eigenvalue weighted by Crippen LogP contribution is 2.26. The molecule has 106 valence electrons. The van der Waals surface area contributed by atoms with Gasteiger partial charge in [-0.3, -0.25) is 4.79 Å². The lowest BCUT2D eigenvalue weighted by molar-refractivity contribution is -0.128. The van der Waals surface area contributed by atoms with Crippen molar-refractivity contribution in [2.24, 2.45) is 5.73 Å². The van der Waals surface area contributed by atoms with Crippen LogP contribution in [-0.2, 0) is 9.53 Å². The molecule has 18 heavy (non-hydrogen) atoms. The normalized spacial score (nSPS) is 21.4. The Morgan fingerprint density at radius 2 is 1.94 bits per heavy atom. The van der Waals surface area contributed by atoms with Crippen LogP contribution >= 0.6 is 0 Å². The molecule has 1 unspecified atom stereocenters. The molecule has 1 amide bonds. The number of ether oxygens (including phenoxy) is 1. The van der Waals surface area contributed by atoms with Crippen molar-refractivity contribution in [1.82, 2.24) is 5.32 Å². The van der Waals surface area contributed by atoms with Gasteiger partial charge in [0, 0.05) is 13.2 Å². The molecular formula is C14H28N2O2. The van der Waals surface area contributed by atoms with Crippen molar-refractivity contribution in [3.05, 3.63) is 0 Å². The van der Waals surface area contributed by atoms with Crippen molar-refractivity contribution in [3.8, 4) is 0 Å². The fourth-order valence-corrected chi connectivity index (χ4v) is 2.65. The van der Waals surface area contributed by atoms with Crippen LogP contribution in [0.3, 0.4) is 0 Å². The molecule has 3 N–H and O–H groups in total. The largest absolute Gasteiger partial charge is 0.379 e. The summed E-state index contributed by atoms with van der Waals surface area (Å²) in [6.45, 7) is 6.05. The first-order valence-corrected chi connectivity index (χ1v) is 6.94. The molecule has 1 aliphatic carbocycles. The van der Waals surface area contributed by atoms with E-state index in [2.05, 4.69) is 5.32 Å². The zero-order valence-electron chi connectivity index (χ0n) is 12.2. The summed E-state index contributed by atoms with van der Waals surface area (Å²) >= 11 is 0. The van der Waals surface area contributed by atoms with Crippen LogP contribution < -0.4 is 11.1 Å². The molecule has 0 aliphatic heterocycles. The van der Waals surface area contributed by atoms with E-state index in [1.54, 1.807) is 7.11 Å². The highest BCUT2D eigenvalue weighted by Gasteiger charge is 2.36. The molecule has 0 spiro atoms. The number of carbonyl (C=O) groups excluding carboxylic acids is 1. The van der Waals surface area contributed by atoms with E-state index in [1.165, 1.54) is 6.42 Å². The van der Waals surface area contributed by atoms with Gasteiger partial charge in [0.25, 0.3) is 0 Å². The first-order chi connectivity index (χ1) is 8.29. The molecule has 4 heteroatoms. The molecule has 0 aromatic rings. The third-order valence-electron chi connectivity index (χ3n) is 3.93. The van der Waals surface area contributed by atoms with Gasteiger partial charge in [-0.15, -0.1) is 0 Å². The van der Waals surface area contributed by atoms with Gasteiger partial charge in [0.2, 0.25) is 5.91 Å². The van der Waals surface area contributed by atoms with Crippen LogP contribution in [0.4, 0.5) is 0 Å². The van der Waals surface area contributed by atoms with E-state index in [9.17, 15) is 4.79 Å². The third-order valence-corrected chi connectivity index (χ3v) is 3.93. The molecule has 1 atom stereocenters. The lowest BCUT2D eigenvalue weighted by Gasteiger charge is -2.34. The van der Waals surface area contributed by atoms with E-state index in [-0.39, 0.29) is 17.6 Å². The fourth-order valence-electron chi connectivity index (χ4n) is 2.65. The van der Waals surface area contributed by atoms with E-state index >= 15 is 0 Å². The maximum absolute atomic E-state index is 12.2. The standard InChI is InChI=1S/C14H28N2O2/c1-11(10-13(2,3)18-4)16-12(17)14(15)8-6-5-7-9-14/h11H,5-10,15H2,1-4H3,(H,16,17). The molecule has 1 aliphatic rings. The lowest BCUT2D eigenvalue weighted by atomic mass is 9.81. The van der Waals surface area contributed by atoms with Gasteiger partial charge in [-0.1, -0.05) is 19.3 Å². The molecule has 0 saturated heterocycles. The SMILES string of the molecule is COC(C)(C)CC(C)NC(=O)C1(N)CCCCC1. The highest BCUT2D eigenvalue weighted by atomic mass is 16.5. The molecule has 0 heterocycles. The van der Waals surface area contributed by atoms with Crippen molar-refractivity contribution in [1.29, 1.82) is 0 Å². The highest BCUT2D eigenvalue weighted by molar-refractivity contribution is 5.86. The Morgan fingerprint density at radius 1 is 1.39 bits per heavy atom. The Morgan fingerprint density at radius 3 is 2.44 bits per heavy atom. The Balaban J connectivity index is 2.48. The Bertz CT molecular complexity index is 284. The van der Waals surface area contributed by atoms with E-state index in [4.69, 9.17) is 10.5 Å². The summed E-state index contributed by atoms with van der Waals surface area (Å²) in [5.74, 6) is 0.00148. The molecule has 1 saturated carbocycles. The van der Waals surface area contributed by atoms with Gasteiger partial charge in [0.1, 0.15) is 0 Å². The van der Waals surface area contributed by atoms with Gasteiger partial charge in [-0.25, -0.2) is 0 Å². The van der Waals surface area contributed by atoms with Gasteiger partial charge >= 0.3 is 0 Å². The minimum Gasteiger partial charge on any atom is -0.379 e. The van der Waals surface area contributed by atoms with E-state index in [1.807, 2.05) is 20.8 Å². The maximum atomic E-state index is 12.2. The predicted octanol–water partition coefficient (Wildman–Crippen LogP) is 1.97. The van der Waals surface area contributed by atoms with Crippen LogP contribution in [0.2, 0.25) is 0 Å². The average Bonchev–Trinajstić information content (AvgIpc) is 2.29. The predicted molar refractivity (Wildman–Crippen MR) is 73.3 cm³/mol. The van der Waals surface area contributed by atoms with Crippen LogP contribution in [0.15, 0.2) is 0 Å². The number of hydrogen-bond donors (Lipinski definition) is 2. The van der Waals surface area contributed by atoms with Gasteiger partial charge in [-0.05, 0) is 40.0 Å². The summed E-state index contributed by atoms with van der Waals surface area (Å²) in [6.07, 6.45) is 5.70. The molecular weight excluding hydrogens is 228 g/mol. The number of amides is 1. The van der Waals surface area contributed by atoms with Crippen LogP contribution in [0.25, 0.3) is 0 Å². The first kappa shape index (κ1) is 15.4. The van der Waals surface area contributed by atoms with E-state index in [0.717, 1.165) is 32.1 Å². The second-order valence-corrected chi connectivity index (χ2v) is 6.26. The third kappa shape index (κ3) is 4.25. The maximum Gasteiger partial charge on any atom is 0.240 e. The van der Waals surface area contributed by atoms with E-state index < -0.39 is 5.54 Å². The summed E-state index contributed by atoms with van der Waals surface area (Å²) < 4.78 is 5.38. The van der Waals surface area contributed by atoms with Crippen LogP contribution in [0.1, 0.15) is 59.3 Å². The Kier molecular flexibility index (Phi) is 5.17. The molecule has 0 bridgehead atoms. The Hall–Kier alpha value is -0.610. The molecule has 0 aromatic heterocycles. The summed E-state index contributed by atoms with van der Waals surface area (Å²) in [6, 6.07) is 0.0785. The minimum absolute atomic E-state index is 0.00148. The van der Waals surface area contributed by atoms with Gasteiger partial charge < -0.3 is 15.8 Å². The summed E-state index contributed by atoms with van der Waals surface area (Å²) in [7, 11) is 1.69. The topological polar surface area (TPSA) is 64.3 Å². The second-order valence-electron chi connectivity index (χ2n) is 6.26. The monoisotopic (exact) mass is 256 g/mol. The number of nitrogens with two attached hydrogens (primary N) is 1. The van der Waals surface area contributed by atoms with Crippen molar-refractivity contribution in [2.75, 3.05) is 7.11 Å². The smallest absolute Gasteiger partial charge is 0.240 e. The first-order valence-electron chi connectivity index (χ1n) is 6.94. The molecule has 4 nitrogen and oxygen atoms in total. The quantitative estimate of drug-likeness (QED) is 0.790. The van der Waals surface area contributed by atoms with Crippen molar-refractivity contribution >= 4 is 5.91 Å². The molecule has 1 fully saturated rings. The number of nitrogens with one attached hydrogen (secondary N) is 1. The van der Waals surface area contributed by atoms with Gasteiger partial charge in [-0.2, -0.15) is 0 Å². The fraction of sp³-hybridized carbons (Fsp3) is 0.929. The van der Waals surface area contributed by atoms with Crippen LogP contribution in [0, 0.1) is 0 Å². The number of methoxy groups -OCH3 is 1. The van der Waals surface area contributed by atoms with Crippen LogP contribution in [-0.4, -0.2) is 30.2 Å². The zero-order chi connectivity index (χ0) is 13.8. The van der Waals surface area contributed by atoms with Gasteiger partial charge in [0.15, 0.2) is 0 Å². The molecule has 0 radical (unpaired) electrons. The minimum atomic E-state index is -0.649. The van der Waals surface area contributed by atoms with Gasteiger partial charge in [0.05, 0.1) is 11.1 Å². The van der Waals surface area contributed by atoms with Crippen molar-refractivity contribution < 1.29 is 9.53 Å². The van der Waals surface area contributed by atoms with Crippen molar-refractivity contribution in [3.63, 3.8) is 0 Å². The molecule has 1 rings (SSSR count). The summed E-state index contributed by atoms with van der Waals surface area (Å²) in [5.41, 5.74) is 5.33. The zero-order valence-corrected chi connectivity index (χ0v) is 12.2. The number of rotatable bonds is 5. The summed E-state index contributed by atoms with van der Waals surface area (Å²) in [4.78, 5) is 12.2. The average molecular weight is 256 g/mol.